The summed E-state index contributed by atoms with van der Waals surface area (Å²) in [4.78, 5) is 0. The van der Waals surface area contributed by atoms with Crippen molar-refractivity contribution >= 4 is 0 Å². The molecular weight excluding hydrogens is 172 g/mol. The Labute approximate surface area is 78.1 Å². The van der Waals surface area contributed by atoms with Gasteiger partial charge in [0.1, 0.15) is 0 Å². The van der Waals surface area contributed by atoms with Crippen LogP contribution < -0.4 is 0 Å². The Hall–Kier alpha value is -0.160. The summed E-state index contributed by atoms with van der Waals surface area (Å²) in [5.74, 6) is 0. The largest absolute Gasteiger partial charge is 0.394 e. The predicted octanol–water partition coefficient (Wildman–Crippen LogP) is -0.340. The molecule has 0 aromatic rings. The van der Waals surface area contributed by atoms with Gasteiger partial charge in [0.25, 0.3) is 0 Å². The van der Waals surface area contributed by atoms with Crippen LogP contribution in [0.15, 0.2) is 0 Å². The van der Waals surface area contributed by atoms with E-state index in [1.165, 1.54) is 0 Å². The van der Waals surface area contributed by atoms with Gasteiger partial charge in [-0.3, -0.25) is 0 Å². The molecule has 0 saturated carbocycles. The van der Waals surface area contributed by atoms with Crippen molar-refractivity contribution in [2.45, 2.75) is 44.0 Å². The molecule has 1 saturated heterocycles. The average Bonchev–Trinajstić information content (AvgIpc) is 2.88. The molecule has 0 amide bonds. The molecule has 0 radical (unpaired) electrons. The van der Waals surface area contributed by atoms with Crippen LogP contribution in [0.1, 0.15) is 25.7 Å². The number of aliphatic hydroxyl groups excluding tert-OH is 3. The molecule has 1 aliphatic heterocycles. The number of rotatable bonds is 7. The summed E-state index contributed by atoms with van der Waals surface area (Å²) in [5.41, 5.74) is 0. The highest BCUT2D eigenvalue weighted by Crippen LogP contribution is 2.18. The molecule has 4 heteroatoms. The van der Waals surface area contributed by atoms with Crippen LogP contribution in [0.2, 0.25) is 0 Å². The third kappa shape index (κ3) is 5.21. The zero-order valence-electron chi connectivity index (χ0n) is 7.72. The Balaban J connectivity index is 1.91. The molecular formula is C9H18O4. The zero-order chi connectivity index (χ0) is 9.68. The monoisotopic (exact) mass is 190 g/mol. The second kappa shape index (κ2) is 5.54. The van der Waals surface area contributed by atoms with Gasteiger partial charge in [-0.1, -0.05) is 0 Å². The summed E-state index contributed by atoms with van der Waals surface area (Å²) < 4.78 is 4.98. The molecule has 1 fully saturated rings. The molecule has 3 unspecified atom stereocenters. The van der Waals surface area contributed by atoms with Crippen LogP contribution in [0, 0.1) is 0 Å². The lowest BCUT2D eigenvalue weighted by molar-refractivity contribution is 0.0783. The normalized spacial score (nSPS) is 25.6. The summed E-state index contributed by atoms with van der Waals surface area (Å²) in [7, 11) is 0. The van der Waals surface area contributed by atoms with Crippen LogP contribution in [0.3, 0.4) is 0 Å². The SMILES string of the molecule is OCC(O)CCCC(O)CC1CO1. The third-order valence-electron chi connectivity index (χ3n) is 2.22. The molecule has 4 nitrogen and oxygen atoms in total. The highest BCUT2D eigenvalue weighted by molar-refractivity contribution is 4.73. The topological polar surface area (TPSA) is 73.2 Å². The quantitative estimate of drug-likeness (QED) is 0.480. The van der Waals surface area contributed by atoms with Gasteiger partial charge < -0.3 is 20.1 Å². The molecule has 1 heterocycles. The first-order valence-electron chi connectivity index (χ1n) is 4.81. The summed E-state index contributed by atoms with van der Waals surface area (Å²) in [6.07, 6.45) is 1.99. The lowest BCUT2D eigenvalue weighted by Crippen LogP contribution is -2.14. The first-order chi connectivity index (χ1) is 6.22. The minimum absolute atomic E-state index is 0.193. The second-order valence-electron chi connectivity index (χ2n) is 3.61. The van der Waals surface area contributed by atoms with Gasteiger partial charge in [0.2, 0.25) is 0 Å². The van der Waals surface area contributed by atoms with Crippen molar-refractivity contribution in [3.05, 3.63) is 0 Å². The molecule has 0 aromatic heterocycles. The van der Waals surface area contributed by atoms with E-state index in [0.29, 0.717) is 19.3 Å². The highest BCUT2D eigenvalue weighted by atomic mass is 16.6. The van der Waals surface area contributed by atoms with Gasteiger partial charge in [0.15, 0.2) is 0 Å². The van der Waals surface area contributed by atoms with Gasteiger partial charge in [-0.25, -0.2) is 0 Å². The number of hydrogen-bond donors (Lipinski definition) is 3. The molecule has 0 spiro atoms. The van der Waals surface area contributed by atoms with E-state index in [9.17, 15) is 5.11 Å². The van der Waals surface area contributed by atoms with Crippen LogP contribution in [-0.2, 0) is 4.74 Å². The molecule has 0 aliphatic carbocycles. The van der Waals surface area contributed by atoms with Crippen molar-refractivity contribution < 1.29 is 20.1 Å². The molecule has 78 valence electrons. The maximum atomic E-state index is 9.42. The van der Waals surface area contributed by atoms with E-state index < -0.39 is 6.10 Å². The molecule has 1 aliphatic rings. The van der Waals surface area contributed by atoms with E-state index >= 15 is 0 Å². The van der Waals surface area contributed by atoms with Crippen molar-refractivity contribution in [3.63, 3.8) is 0 Å². The lowest BCUT2D eigenvalue weighted by Gasteiger charge is -2.10. The van der Waals surface area contributed by atoms with E-state index in [2.05, 4.69) is 0 Å². The Bertz CT molecular complexity index is 136. The first kappa shape index (κ1) is 10.9. The molecule has 0 aromatic carbocycles. The van der Waals surface area contributed by atoms with Crippen LogP contribution in [0.5, 0.6) is 0 Å². The summed E-state index contributed by atoms with van der Waals surface area (Å²) in [6.45, 7) is 0.582. The Morgan fingerprint density at radius 2 is 1.85 bits per heavy atom. The van der Waals surface area contributed by atoms with Crippen molar-refractivity contribution in [3.8, 4) is 0 Å². The maximum Gasteiger partial charge on any atom is 0.0834 e. The summed E-state index contributed by atoms with van der Waals surface area (Å²) >= 11 is 0. The fraction of sp³-hybridized carbons (Fsp3) is 1.00. The second-order valence-corrected chi connectivity index (χ2v) is 3.61. The predicted molar refractivity (Wildman–Crippen MR) is 47.3 cm³/mol. The summed E-state index contributed by atoms with van der Waals surface area (Å²) in [5, 5.41) is 27.0. The number of aliphatic hydroxyl groups is 3. The molecule has 13 heavy (non-hydrogen) atoms. The Morgan fingerprint density at radius 3 is 2.38 bits per heavy atom. The van der Waals surface area contributed by atoms with Gasteiger partial charge in [-0.05, 0) is 19.3 Å². The summed E-state index contributed by atoms with van der Waals surface area (Å²) in [6, 6.07) is 0. The van der Waals surface area contributed by atoms with Crippen molar-refractivity contribution in [2.24, 2.45) is 0 Å². The standard InChI is InChI=1S/C9H18O4/c10-5-8(12)3-1-2-7(11)4-9-6-13-9/h7-12H,1-6H2. The van der Waals surface area contributed by atoms with Gasteiger partial charge in [-0.15, -0.1) is 0 Å². The zero-order valence-corrected chi connectivity index (χ0v) is 7.72. The molecule has 3 N–H and O–H groups in total. The van der Waals surface area contributed by atoms with Crippen LogP contribution in [0.25, 0.3) is 0 Å². The van der Waals surface area contributed by atoms with Crippen LogP contribution >= 0.6 is 0 Å². The number of ether oxygens (including phenoxy) is 1. The maximum absolute atomic E-state index is 9.42. The van der Waals surface area contributed by atoms with Crippen molar-refractivity contribution in [1.29, 1.82) is 0 Å². The molecule has 1 rings (SSSR count). The van der Waals surface area contributed by atoms with Gasteiger partial charge in [-0.2, -0.15) is 0 Å². The van der Waals surface area contributed by atoms with E-state index in [-0.39, 0.29) is 18.8 Å². The fourth-order valence-corrected chi connectivity index (χ4v) is 1.31. The highest BCUT2D eigenvalue weighted by Gasteiger charge is 2.25. The van der Waals surface area contributed by atoms with Gasteiger partial charge in [0, 0.05) is 6.42 Å². The van der Waals surface area contributed by atoms with Crippen molar-refractivity contribution in [1.82, 2.24) is 0 Å². The lowest BCUT2D eigenvalue weighted by atomic mass is 10.1. The number of hydrogen-bond acceptors (Lipinski definition) is 4. The van der Waals surface area contributed by atoms with Crippen molar-refractivity contribution in [2.75, 3.05) is 13.2 Å². The minimum atomic E-state index is -0.635. The average molecular weight is 190 g/mol. The third-order valence-corrected chi connectivity index (χ3v) is 2.22. The Morgan fingerprint density at radius 1 is 1.23 bits per heavy atom. The minimum Gasteiger partial charge on any atom is -0.394 e. The van der Waals surface area contributed by atoms with Crippen LogP contribution in [0.4, 0.5) is 0 Å². The van der Waals surface area contributed by atoms with Gasteiger partial charge >= 0.3 is 0 Å². The van der Waals surface area contributed by atoms with E-state index in [0.717, 1.165) is 13.0 Å². The van der Waals surface area contributed by atoms with Gasteiger partial charge in [0.05, 0.1) is 31.5 Å². The van der Waals surface area contributed by atoms with Crippen LogP contribution in [-0.4, -0.2) is 46.8 Å². The number of epoxide rings is 1. The first-order valence-corrected chi connectivity index (χ1v) is 4.81. The van der Waals surface area contributed by atoms with E-state index in [1.54, 1.807) is 0 Å². The van der Waals surface area contributed by atoms with E-state index in [4.69, 9.17) is 14.9 Å². The Kier molecular flexibility index (Phi) is 4.66. The fourth-order valence-electron chi connectivity index (χ4n) is 1.31. The molecule has 0 bridgehead atoms. The van der Waals surface area contributed by atoms with E-state index in [1.807, 2.05) is 0 Å². The molecule has 3 atom stereocenters. The smallest absolute Gasteiger partial charge is 0.0834 e.